The van der Waals surface area contributed by atoms with Gasteiger partial charge >= 0.3 is 0 Å². The van der Waals surface area contributed by atoms with Crippen molar-refractivity contribution in [1.29, 1.82) is 0 Å². The van der Waals surface area contributed by atoms with Crippen LogP contribution >= 0.6 is 0 Å². The molecule has 1 saturated carbocycles. The maximum absolute atomic E-state index is 5.89. The quantitative estimate of drug-likeness (QED) is 0.734. The van der Waals surface area contributed by atoms with E-state index in [9.17, 15) is 0 Å². The standard InChI is InChI=1S/C12H26N2/c1-3-9-14(2)12(10-13)11-7-5-4-6-8-11/h11-12H,3-10,13H2,1-2H3. The van der Waals surface area contributed by atoms with Crippen LogP contribution in [0.2, 0.25) is 0 Å². The van der Waals surface area contributed by atoms with Gasteiger partial charge in [-0.15, -0.1) is 0 Å². The van der Waals surface area contributed by atoms with E-state index in [4.69, 9.17) is 5.73 Å². The van der Waals surface area contributed by atoms with Gasteiger partial charge in [0.25, 0.3) is 0 Å². The van der Waals surface area contributed by atoms with Crippen molar-refractivity contribution in [2.75, 3.05) is 20.1 Å². The van der Waals surface area contributed by atoms with E-state index in [0.717, 1.165) is 12.5 Å². The van der Waals surface area contributed by atoms with Gasteiger partial charge in [-0.1, -0.05) is 26.2 Å². The molecule has 0 heterocycles. The number of rotatable bonds is 5. The molecule has 2 nitrogen and oxygen atoms in total. The first-order valence-electron chi connectivity index (χ1n) is 6.20. The van der Waals surface area contributed by atoms with Gasteiger partial charge in [-0.3, -0.25) is 0 Å². The third-order valence-corrected chi connectivity index (χ3v) is 3.58. The van der Waals surface area contributed by atoms with E-state index in [0.29, 0.717) is 6.04 Å². The average molecular weight is 198 g/mol. The molecule has 1 unspecified atom stereocenters. The summed E-state index contributed by atoms with van der Waals surface area (Å²) in [5, 5.41) is 0. The summed E-state index contributed by atoms with van der Waals surface area (Å²) in [4.78, 5) is 2.47. The summed E-state index contributed by atoms with van der Waals surface area (Å²) in [5.41, 5.74) is 5.89. The fraction of sp³-hybridized carbons (Fsp3) is 1.00. The van der Waals surface area contributed by atoms with E-state index < -0.39 is 0 Å². The molecule has 1 aliphatic carbocycles. The molecule has 1 atom stereocenters. The Hall–Kier alpha value is -0.0800. The maximum Gasteiger partial charge on any atom is 0.0243 e. The third kappa shape index (κ3) is 3.25. The molecule has 14 heavy (non-hydrogen) atoms. The van der Waals surface area contributed by atoms with Gasteiger partial charge in [0.15, 0.2) is 0 Å². The van der Waals surface area contributed by atoms with Gasteiger partial charge in [0.1, 0.15) is 0 Å². The first kappa shape index (κ1) is 12.0. The van der Waals surface area contributed by atoms with E-state index in [1.54, 1.807) is 0 Å². The summed E-state index contributed by atoms with van der Waals surface area (Å²) in [6.07, 6.45) is 8.30. The van der Waals surface area contributed by atoms with E-state index in [1.165, 1.54) is 45.1 Å². The van der Waals surface area contributed by atoms with E-state index in [-0.39, 0.29) is 0 Å². The van der Waals surface area contributed by atoms with Crippen molar-refractivity contribution in [3.8, 4) is 0 Å². The molecular weight excluding hydrogens is 172 g/mol. The molecule has 0 aromatic carbocycles. The van der Waals surface area contributed by atoms with E-state index in [1.807, 2.05) is 0 Å². The molecule has 1 aliphatic rings. The van der Waals surface area contributed by atoms with Gasteiger partial charge in [0.05, 0.1) is 0 Å². The van der Waals surface area contributed by atoms with Crippen LogP contribution in [-0.2, 0) is 0 Å². The summed E-state index contributed by atoms with van der Waals surface area (Å²) >= 11 is 0. The molecule has 1 rings (SSSR count). The lowest BCUT2D eigenvalue weighted by molar-refractivity contribution is 0.149. The van der Waals surface area contributed by atoms with Crippen LogP contribution in [0.5, 0.6) is 0 Å². The molecule has 0 aromatic heterocycles. The van der Waals surface area contributed by atoms with Crippen LogP contribution in [0.15, 0.2) is 0 Å². The lowest BCUT2D eigenvalue weighted by Crippen LogP contribution is -2.44. The smallest absolute Gasteiger partial charge is 0.0243 e. The van der Waals surface area contributed by atoms with Crippen LogP contribution in [0, 0.1) is 5.92 Å². The SMILES string of the molecule is CCCN(C)C(CN)C1CCCCC1. The Morgan fingerprint density at radius 3 is 2.43 bits per heavy atom. The predicted octanol–water partition coefficient (Wildman–Crippen LogP) is 2.24. The Balaban J connectivity index is 2.41. The Labute approximate surface area is 88.8 Å². The highest BCUT2D eigenvalue weighted by molar-refractivity contribution is 4.80. The molecule has 0 bridgehead atoms. The molecule has 1 fully saturated rings. The van der Waals surface area contributed by atoms with Crippen molar-refractivity contribution in [2.24, 2.45) is 11.7 Å². The van der Waals surface area contributed by atoms with Crippen molar-refractivity contribution >= 4 is 0 Å². The second kappa shape index (κ2) is 6.41. The highest BCUT2D eigenvalue weighted by Crippen LogP contribution is 2.28. The topological polar surface area (TPSA) is 29.3 Å². The van der Waals surface area contributed by atoms with Crippen LogP contribution in [0.1, 0.15) is 45.4 Å². The zero-order chi connectivity index (χ0) is 10.4. The van der Waals surface area contributed by atoms with Crippen LogP contribution in [-0.4, -0.2) is 31.1 Å². The molecule has 0 aromatic rings. The van der Waals surface area contributed by atoms with Crippen molar-refractivity contribution in [2.45, 2.75) is 51.5 Å². The average Bonchev–Trinajstić information content (AvgIpc) is 2.21. The number of hydrogen-bond acceptors (Lipinski definition) is 2. The Morgan fingerprint density at radius 1 is 1.29 bits per heavy atom. The van der Waals surface area contributed by atoms with Crippen molar-refractivity contribution < 1.29 is 0 Å². The molecule has 2 heteroatoms. The zero-order valence-corrected chi connectivity index (χ0v) is 9.84. The molecule has 0 amide bonds. The highest BCUT2D eigenvalue weighted by Gasteiger charge is 2.24. The fourth-order valence-electron chi connectivity index (χ4n) is 2.77. The van der Waals surface area contributed by atoms with Gasteiger partial charge in [-0.05, 0) is 38.8 Å². The molecule has 84 valence electrons. The molecule has 0 radical (unpaired) electrons. The Bertz CT molecular complexity index is 141. The van der Waals surface area contributed by atoms with E-state index >= 15 is 0 Å². The van der Waals surface area contributed by atoms with Crippen LogP contribution < -0.4 is 5.73 Å². The largest absolute Gasteiger partial charge is 0.329 e. The van der Waals surface area contributed by atoms with Crippen LogP contribution in [0.3, 0.4) is 0 Å². The first-order chi connectivity index (χ1) is 6.79. The minimum Gasteiger partial charge on any atom is -0.329 e. The van der Waals surface area contributed by atoms with Crippen molar-refractivity contribution in [3.63, 3.8) is 0 Å². The lowest BCUT2D eigenvalue weighted by Gasteiger charge is -2.35. The fourth-order valence-corrected chi connectivity index (χ4v) is 2.77. The Kier molecular flexibility index (Phi) is 5.49. The summed E-state index contributed by atoms with van der Waals surface area (Å²) in [6, 6.07) is 0.634. The third-order valence-electron chi connectivity index (χ3n) is 3.58. The Morgan fingerprint density at radius 2 is 1.93 bits per heavy atom. The van der Waals surface area contributed by atoms with Crippen LogP contribution in [0.4, 0.5) is 0 Å². The minimum absolute atomic E-state index is 0.634. The number of nitrogens with zero attached hydrogens (tertiary/aromatic N) is 1. The van der Waals surface area contributed by atoms with Gasteiger partial charge in [0.2, 0.25) is 0 Å². The molecule has 0 spiro atoms. The first-order valence-corrected chi connectivity index (χ1v) is 6.20. The normalized spacial score (nSPS) is 21.4. The van der Waals surface area contributed by atoms with Gasteiger partial charge in [-0.25, -0.2) is 0 Å². The number of nitrogens with two attached hydrogens (primary N) is 1. The van der Waals surface area contributed by atoms with Crippen LogP contribution in [0.25, 0.3) is 0 Å². The second-order valence-corrected chi connectivity index (χ2v) is 4.68. The molecule has 2 N–H and O–H groups in total. The van der Waals surface area contributed by atoms with Gasteiger partial charge in [0, 0.05) is 12.6 Å². The highest BCUT2D eigenvalue weighted by atomic mass is 15.1. The summed E-state index contributed by atoms with van der Waals surface area (Å²) < 4.78 is 0. The second-order valence-electron chi connectivity index (χ2n) is 4.68. The maximum atomic E-state index is 5.89. The summed E-state index contributed by atoms with van der Waals surface area (Å²) in [5.74, 6) is 0.866. The lowest BCUT2D eigenvalue weighted by atomic mass is 9.83. The molecular formula is C12H26N2. The molecule has 0 saturated heterocycles. The van der Waals surface area contributed by atoms with E-state index in [2.05, 4.69) is 18.9 Å². The van der Waals surface area contributed by atoms with Crippen molar-refractivity contribution in [3.05, 3.63) is 0 Å². The van der Waals surface area contributed by atoms with Gasteiger partial charge < -0.3 is 10.6 Å². The summed E-state index contributed by atoms with van der Waals surface area (Å²) in [6.45, 7) is 4.27. The number of hydrogen-bond donors (Lipinski definition) is 1. The zero-order valence-electron chi connectivity index (χ0n) is 9.84. The predicted molar refractivity (Wildman–Crippen MR) is 62.3 cm³/mol. The summed E-state index contributed by atoms with van der Waals surface area (Å²) in [7, 11) is 2.23. The minimum atomic E-state index is 0.634. The van der Waals surface area contributed by atoms with Crippen molar-refractivity contribution in [1.82, 2.24) is 4.90 Å². The van der Waals surface area contributed by atoms with Gasteiger partial charge in [-0.2, -0.15) is 0 Å². The monoisotopic (exact) mass is 198 g/mol. The number of likely N-dealkylation sites (N-methyl/N-ethyl adjacent to an activating group) is 1. The molecule has 0 aliphatic heterocycles.